The second kappa shape index (κ2) is 6.13. The predicted octanol–water partition coefficient (Wildman–Crippen LogP) is 3.71. The lowest BCUT2D eigenvalue weighted by atomic mass is 9.85. The first-order valence-electron chi connectivity index (χ1n) is 7.78. The molecule has 1 aliphatic heterocycles. The molecule has 3 nitrogen and oxygen atoms in total. The molecule has 1 saturated heterocycles. The highest BCUT2D eigenvalue weighted by Gasteiger charge is 2.24. The Bertz CT molecular complexity index is 454. The van der Waals surface area contributed by atoms with Gasteiger partial charge in [-0.15, -0.1) is 0 Å². The molecule has 2 heterocycles. The van der Waals surface area contributed by atoms with E-state index in [1.165, 1.54) is 19.3 Å². The van der Waals surface area contributed by atoms with Gasteiger partial charge in [-0.25, -0.2) is 4.98 Å². The molecular weight excluding hydrogens is 248 g/mol. The molecule has 1 aromatic rings. The maximum atomic E-state index is 9.46. The number of aromatic nitrogens is 1. The molecule has 1 aliphatic rings. The summed E-state index contributed by atoms with van der Waals surface area (Å²) in [5.74, 6) is 1.43. The molecule has 0 saturated carbocycles. The summed E-state index contributed by atoms with van der Waals surface area (Å²) >= 11 is 0. The minimum atomic E-state index is 0.0918. The number of rotatable bonds is 3. The molecule has 0 unspecified atom stereocenters. The van der Waals surface area contributed by atoms with E-state index in [1.54, 1.807) is 0 Å². The third-order valence-corrected chi connectivity index (χ3v) is 4.33. The van der Waals surface area contributed by atoms with Crippen molar-refractivity contribution in [2.24, 2.45) is 5.41 Å². The Morgan fingerprint density at radius 2 is 2.00 bits per heavy atom. The molecule has 0 aromatic carbocycles. The van der Waals surface area contributed by atoms with Crippen molar-refractivity contribution < 1.29 is 5.11 Å². The Labute approximate surface area is 123 Å². The number of aliphatic hydroxyl groups excluding tert-OH is 1. The van der Waals surface area contributed by atoms with E-state index in [4.69, 9.17) is 4.98 Å². The summed E-state index contributed by atoms with van der Waals surface area (Å²) in [5.41, 5.74) is 2.49. The van der Waals surface area contributed by atoms with E-state index in [1.807, 2.05) is 12.1 Å². The highest BCUT2D eigenvalue weighted by Crippen LogP contribution is 2.31. The number of anilines is 1. The summed E-state index contributed by atoms with van der Waals surface area (Å²) in [5, 5.41) is 9.46. The quantitative estimate of drug-likeness (QED) is 0.914. The normalized spacial score (nSPS) is 19.2. The lowest BCUT2D eigenvalue weighted by Gasteiger charge is -2.25. The average molecular weight is 276 g/mol. The van der Waals surface area contributed by atoms with Crippen LogP contribution in [0.3, 0.4) is 0 Å². The van der Waals surface area contributed by atoms with Crippen LogP contribution in [0.5, 0.6) is 0 Å². The van der Waals surface area contributed by atoms with Crippen molar-refractivity contribution in [1.29, 1.82) is 0 Å². The van der Waals surface area contributed by atoms with Gasteiger partial charge in [0.25, 0.3) is 0 Å². The molecule has 0 amide bonds. The molecule has 1 N–H and O–H groups in total. The lowest BCUT2D eigenvalue weighted by molar-refractivity contribution is 0.281. The number of nitrogens with zero attached hydrogens (tertiary/aromatic N) is 2. The molecule has 0 radical (unpaired) electrons. The Hall–Kier alpha value is -1.09. The molecule has 2 rings (SSSR count). The van der Waals surface area contributed by atoms with Gasteiger partial charge in [-0.1, -0.05) is 27.7 Å². The maximum absolute atomic E-state index is 9.46. The van der Waals surface area contributed by atoms with Crippen LogP contribution < -0.4 is 4.90 Å². The van der Waals surface area contributed by atoms with Gasteiger partial charge in [0.1, 0.15) is 5.82 Å². The molecule has 112 valence electrons. The van der Waals surface area contributed by atoms with Crippen LogP contribution in [0.4, 0.5) is 5.82 Å². The SMILES string of the molecule is CC(C)c1cc(CO)cc(N2CCCC(C)(C)CC2)n1. The van der Waals surface area contributed by atoms with Crippen molar-refractivity contribution in [3.8, 4) is 0 Å². The van der Waals surface area contributed by atoms with Gasteiger partial charge in [-0.2, -0.15) is 0 Å². The van der Waals surface area contributed by atoms with Gasteiger partial charge in [-0.3, -0.25) is 0 Å². The van der Waals surface area contributed by atoms with E-state index in [2.05, 4.69) is 32.6 Å². The lowest BCUT2D eigenvalue weighted by Crippen LogP contribution is -2.26. The minimum Gasteiger partial charge on any atom is -0.392 e. The van der Waals surface area contributed by atoms with Crippen molar-refractivity contribution in [2.45, 2.75) is 59.5 Å². The highest BCUT2D eigenvalue weighted by atomic mass is 16.3. The molecule has 1 aromatic heterocycles. The van der Waals surface area contributed by atoms with Crippen LogP contribution in [-0.4, -0.2) is 23.2 Å². The Balaban J connectivity index is 2.25. The maximum Gasteiger partial charge on any atom is 0.129 e. The van der Waals surface area contributed by atoms with Crippen molar-refractivity contribution in [1.82, 2.24) is 4.98 Å². The monoisotopic (exact) mass is 276 g/mol. The van der Waals surface area contributed by atoms with Crippen LogP contribution >= 0.6 is 0 Å². The first kappa shape index (κ1) is 15.3. The van der Waals surface area contributed by atoms with Crippen molar-refractivity contribution >= 4 is 5.82 Å². The third-order valence-electron chi connectivity index (χ3n) is 4.33. The van der Waals surface area contributed by atoms with E-state index >= 15 is 0 Å². The van der Waals surface area contributed by atoms with E-state index in [-0.39, 0.29) is 6.61 Å². The van der Waals surface area contributed by atoms with Crippen LogP contribution in [0.15, 0.2) is 12.1 Å². The number of aliphatic hydroxyl groups is 1. The van der Waals surface area contributed by atoms with E-state index in [0.717, 1.165) is 30.2 Å². The summed E-state index contributed by atoms with van der Waals surface area (Å²) in [4.78, 5) is 7.20. The zero-order chi connectivity index (χ0) is 14.8. The fraction of sp³-hybridized carbons (Fsp3) is 0.706. The van der Waals surface area contributed by atoms with Crippen LogP contribution in [0, 0.1) is 5.41 Å². The van der Waals surface area contributed by atoms with Crippen LogP contribution in [-0.2, 0) is 6.61 Å². The summed E-state index contributed by atoms with van der Waals surface area (Å²) in [6.45, 7) is 11.2. The topological polar surface area (TPSA) is 36.4 Å². The van der Waals surface area contributed by atoms with Gasteiger partial charge in [0.15, 0.2) is 0 Å². The van der Waals surface area contributed by atoms with Crippen LogP contribution in [0.1, 0.15) is 64.1 Å². The van der Waals surface area contributed by atoms with Crippen molar-refractivity contribution in [2.75, 3.05) is 18.0 Å². The predicted molar refractivity (Wildman–Crippen MR) is 84.1 cm³/mol. The molecule has 0 bridgehead atoms. The van der Waals surface area contributed by atoms with Crippen LogP contribution in [0.25, 0.3) is 0 Å². The Kier molecular flexibility index (Phi) is 4.69. The summed E-state index contributed by atoms with van der Waals surface area (Å²) in [7, 11) is 0. The molecule has 0 aliphatic carbocycles. The van der Waals surface area contributed by atoms with Gasteiger partial charge in [0.2, 0.25) is 0 Å². The number of hydrogen-bond donors (Lipinski definition) is 1. The van der Waals surface area contributed by atoms with E-state index in [9.17, 15) is 5.11 Å². The second-order valence-electron chi connectivity index (χ2n) is 7.08. The zero-order valence-electron chi connectivity index (χ0n) is 13.3. The largest absolute Gasteiger partial charge is 0.392 e. The Morgan fingerprint density at radius 1 is 1.25 bits per heavy atom. The Morgan fingerprint density at radius 3 is 2.65 bits per heavy atom. The average Bonchev–Trinajstić information content (AvgIpc) is 2.59. The third kappa shape index (κ3) is 3.72. The van der Waals surface area contributed by atoms with Crippen molar-refractivity contribution in [3.63, 3.8) is 0 Å². The minimum absolute atomic E-state index is 0.0918. The molecule has 1 fully saturated rings. The molecular formula is C17H28N2O. The van der Waals surface area contributed by atoms with Gasteiger partial charge >= 0.3 is 0 Å². The van der Waals surface area contributed by atoms with E-state index in [0.29, 0.717) is 11.3 Å². The standard InChI is InChI=1S/C17H28N2O/c1-13(2)15-10-14(12-20)11-16(18-15)19-8-5-6-17(3,4)7-9-19/h10-11,13,20H,5-9,12H2,1-4H3. The number of hydrogen-bond acceptors (Lipinski definition) is 3. The first-order chi connectivity index (χ1) is 9.41. The van der Waals surface area contributed by atoms with Gasteiger partial charge in [-0.05, 0) is 48.3 Å². The number of pyridine rings is 1. The van der Waals surface area contributed by atoms with Crippen molar-refractivity contribution in [3.05, 3.63) is 23.4 Å². The van der Waals surface area contributed by atoms with Gasteiger partial charge in [0.05, 0.1) is 6.61 Å². The molecule has 0 spiro atoms. The van der Waals surface area contributed by atoms with Crippen LogP contribution in [0.2, 0.25) is 0 Å². The van der Waals surface area contributed by atoms with Gasteiger partial charge in [0, 0.05) is 18.8 Å². The first-order valence-corrected chi connectivity index (χ1v) is 7.78. The highest BCUT2D eigenvalue weighted by molar-refractivity contribution is 5.43. The summed E-state index contributed by atoms with van der Waals surface area (Å²) in [6.07, 6.45) is 3.70. The summed E-state index contributed by atoms with van der Waals surface area (Å²) < 4.78 is 0. The van der Waals surface area contributed by atoms with Gasteiger partial charge < -0.3 is 10.0 Å². The zero-order valence-corrected chi connectivity index (χ0v) is 13.3. The smallest absolute Gasteiger partial charge is 0.129 e. The molecule has 20 heavy (non-hydrogen) atoms. The van der Waals surface area contributed by atoms with E-state index < -0.39 is 0 Å². The fourth-order valence-corrected chi connectivity index (χ4v) is 2.80. The fourth-order valence-electron chi connectivity index (χ4n) is 2.80. The summed E-state index contributed by atoms with van der Waals surface area (Å²) in [6, 6.07) is 4.07. The molecule has 3 heteroatoms. The second-order valence-corrected chi connectivity index (χ2v) is 7.08. The molecule has 0 atom stereocenters.